The number of hydrogen-bond donors (Lipinski definition) is 0. The number of rotatable bonds is 3. The average molecular weight is 380 g/mol. The third-order valence-corrected chi connectivity index (χ3v) is 5.79. The van der Waals surface area contributed by atoms with Gasteiger partial charge in [-0.05, 0) is 68.1 Å². The molecule has 0 fully saturated rings. The number of aryl methyl sites for hydroxylation is 4. The molecule has 2 aromatic carbocycles. The molecule has 1 aromatic heterocycles. The maximum atomic E-state index is 14.4. The SMILES string of the molecule is Cc1cc(C)c(C2c3cccn3CCCN2Cc2c(F)cccc2F)c(C)c1. The van der Waals surface area contributed by atoms with Gasteiger partial charge in [0.1, 0.15) is 11.6 Å². The molecule has 0 radical (unpaired) electrons. The first-order valence-electron chi connectivity index (χ1n) is 9.85. The predicted octanol–water partition coefficient (Wildman–Crippen LogP) is 5.69. The molecule has 4 heteroatoms. The second kappa shape index (κ2) is 7.51. The Morgan fingerprint density at radius 3 is 2.29 bits per heavy atom. The van der Waals surface area contributed by atoms with Gasteiger partial charge in [0.2, 0.25) is 0 Å². The molecule has 1 unspecified atom stereocenters. The van der Waals surface area contributed by atoms with E-state index in [9.17, 15) is 8.78 Å². The van der Waals surface area contributed by atoms with Crippen LogP contribution in [-0.2, 0) is 13.1 Å². The zero-order chi connectivity index (χ0) is 19.8. The lowest BCUT2D eigenvalue weighted by Gasteiger charge is -2.33. The van der Waals surface area contributed by atoms with Crippen molar-refractivity contribution in [3.8, 4) is 0 Å². The molecule has 1 aliphatic rings. The molecule has 3 aromatic rings. The quantitative estimate of drug-likeness (QED) is 0.567. The standard InChI is InChI=1S/C24H26F2N2/c1-16-13-17(2)23(18(3)14-16)24-22-9-5-10-27(22)11-6-12-28(24)15-19-20(25)7-4-8-21(19)26/h4-5,7-10,13-14,24H,6,11-12,15H2,1-3H3. The second-order valence-electron chi connectivity index (χ2n) is 7.87. The lowest BCUT2D eigenvalue weighted by atomic mass is 9.91. The maximum Gasteiger partial charge on any atom is 0.130 e. The molecule has 28 heavy (non-hydrogen) atoms. The van der Waals surface area contributed by atoms with Crippen LogP contribution in [0.1, 0.15) is 46.0 Å². The Labute approximate surface area is 165 Å². The molecule has 1 aliphatic heterocycles. The highest BCUT2D eigenvalue weighted by atomic mass is 19.1. The summed E-state index contributed by atoms with van der Waals surface area (Å²) >= 11 is 0. The molecule has 4 rings (SSSR count). The van der Waals surface area contributed by atoms with E-state index in [1.54, 1.807) is 0 Å². The molecule has 146 valence electrons. The monoisotopic (exact) mass is 380 g/mol. The number of halogens is 2. The summed E-state index contributed by atoms with van der Waals surface area (Å²) in [6.07, 6.45) is 3.05. The van der Waals surface area contributed by atoms with Crippen LogP contribution in [0.25, 0.3) is 0 Å². The van der Waals surface area contributed by atoms with Gasteiger partial charge < -0.3 is 4.57 Å². The third-order valence-electron chi connectivity index (χ3n) is 5.79. The van der Waals surface area contributed by atoms with Crippen molar-refractivity contribution >= 4 is 0 Å². The summed E-state index contributed by atoms with van der Waals surface area (Å²) in [5.41, 5.74) is 6.24. The molecular weight excluding hydrogens is 354 g/mol. The Bertz CT molecular complexity index is 962. The molecule has 0 aliphatic carbocycles. The number of aromatic nitrogens is 1. The Morgan fingerprint density at radius 2 is 1.61 bits per heavy atom. The van der Waals surface area contributed by atoms with Crippen molar-refractivity contribution in [3.05, 3.63) is 93.8 Å². The van der Waals surface area contributed by atoms with Crippen LogP contribution in [0.2, 0.25) is 0 Å². The van der Waals surface area contributed by atoms with Gasteiger partial charge in [-0.1, -0.05) is 23.8 Å². The zero-order valence-corrected chi connectivity index (χ0v) is 16.7. The van der Waals surface area contributed by atoms with Crippen LogP contribution < -0.4 is 0 Å². The highest BCUT2D eigenvalue weighted by molar-refractivity contribution is 5.43. The van der Waals surface area contributed by atoms with Crippen LogP contribution in [0.4, 0.5) is 8.78 Å². The average Bonchev–Trinajstić information content (AvgIpc) is 3.01. The summed E-state index contributed by atoms with van der Waals surface area (Å²) in [7, 11) is 0. The first-order valence-corrected chi connectivity index (χ1v) is 9.85. The van der Waals surface area contributed by atoms with Gasteiger partial charge in [-0.25, -0.2) is 8.78 Å². The number of benzene rings is 2. The van der Waals surface area contributed by atoms with Gasteiger partial charge in [0.25, 0.3) is 0 Å². The smallest absolute Gasteiger partial charge is 0.130 e. The van der Waals surface area contributed by atoms with Gasteiger partial charge in [-0.2, -0.15) is 0 Å². The Kier molecular flexibility index (Phi) is 5.07. The number of fused-ring (bicyclic) bond motifs is 1. The van der Waals surface area contributed by atoms with Crippen LogP contribution in [0.15, 0.2) is 48.7 Å². The highest BCUT2D eigenvalue weighted by Gasteiger charge is 2.30. The molecule has 0 amide bonds. The van der Waals surface area contributed by atoms with E-state index in [1.807, 2.05) is 0 Å². The largest absolute Gasteiger partial charge is 0.350 e. The van der Waals surface area contributed by atoms with E-state index >= 15 is 0 Å². The third kappa shape index (κ3) is 3.37. The van der Waals surface area contributed by atoms with Crippen molar-refractivity contribution in [1.29, 1.82) is 0 Å². The first-order chi connectivity index (χ1) is 13.5. The van der Waals surface area contributed by atoms with E-state index in [1.165, 1.54) is 46.1 Å². The fourth-order valence-corrected chi connectivity index (χ4v) is 4.65. The van der Waals surface area contributed by atoms with Crippen LogP contribution >= 0.6 is 0 Å². The van der Waals surface area contributed by atoms with Crippen LogP contribution in [0.5, 0.6) is 0 Å². The fraction of sp³-hybridized carbons (Fsp3) is 0.333. The highest BCUT2D eigenvalue weighted by Crippen LogP contribution is 2.37. The van der Waals surface area contributed by atoms with Gasteiger partial charge in [0.15, 0.2) is 0 Å². The summed E-state index contributed by atoms with van der Waals surface area (Å²) < 4.78 is 31.1. The van der Waals surface area contributed by atoms with E-state index in [4.69, 9.17) is 0 Å². The Morgan fingerprint density at radius 1 is 0.929 bits per heavy atom. The molecular formula is C24H26F2N2. The molecule has 0 saturated carbocycles. The van der Waals surface area contributed by atoms with Crippen molar-refractivity contribution in [2.75, 3.05) is 6.54 Å². The zero-order valence-electron chi connectivity index (χ0n) is 16.7. The molecule has 0 bridgehead atoms. The Balaban J connectivity index is 1.85. The molecule has 0 N–H and O–H groups in total. The molecule has 0 spiro atoms. The first kappa shape index (κ1) is 18.9. The minimum Gasteiger partial charge on any atom is -0.350 e. The van der Waals surface area contributed by atoms with E-state index in [0.717, 1.165) is 19.5 Å². The van der Waals surface area contributed by atoms with Gasteiger partial charge in [0.05, 0.1) is 6.04 Å². The van der Waals surface area contributed by atoms with Crippen molar-refractivity contribution in [3.63, 3.8) is 0 Å². The molecule has 0 saturated heterocycles. The topological polar surface area (TPSA) is 8.17 Å². The lowest BCUT2D eigenvalue weighted by molar-refractivity contribution is 0.213. The van der Waals surface area contributed by atoms with Crippen LogP contribution in [0.3, 0.4) is 0 Å². The van der Waals surface area contributed by atoms with Gasteiger partial charge >= 0.3 is 0 Å². The second-order valence-corrected chi connectivity index (χ2v) is 7.87. The fourth-order valence-electron chi connectivity index (χ4n) is 4.65. The van der Waals surface area contributed by atoms with Gasteiger partial charge in [-0.15, -0.1) is 0 Å². The van der Waals surface area contributed by atoms with Gasteiger partial charge in [0, 0.05) is 37.1 Å². The number of nitrogens with zero attached hydrogens (tertiary/aromatic N) is 2. The van der Waals surface area contributed by atoms with Crippen molar-refractivity contribution in [2.24, 2.45) is 0 Å². The summed E-state index contributed by atoms with van der Waals surface area (Å²) in [6, 6.07) is 12.7. The van der Waals surface area contributed by atoms with Gasteiger partial charge in [-0.3, -0.25) is 4.90 Å². The summed E-state index contributed by atoms with van der Waals surface area (Å²) in [6.45, 7) is 8.32. The van der Waals surface area contributed by atoms with E-state index in [2.05, 4.69) is 60.7 Å². The molecule has 2 heterocycles. The van der Waals surface area contributed by atoms with Crippen molar-refractivity contribution in [1.82, 2.24) is 9.47 Å². The predicted molar refractivity (Wildman–Crippen MR) is 108 cm³/mol. The van der Waals surface area contributed by atoms with Crippen LogP contribution in [0, 0.1) is 32.4 Å². The molecule has 2 nitrogen and oxygen atoms in total. The lowest BCUT2D eigenvalue weighted by Crippen LogP contribution is -2.31. The Hall–Kier alpha value is -2.46. The molecule has 1 atom stereocenters. The maximum absolute atomic E-state index is 14.4. The minimum atomic E-state index is -0.476. The normalized spacial score (nSPS) is 17.4. The van der Waals surface area contributed by atoms with Crippen molar-refractivity contribution in [2.45, 2.75) is 46.3 Å². The summed E-state index contributed by atoms with van der Waals surface area (Å²) in [5.74, 6) is -0.952. The summed E-state index contributed by atoms with van der Waals surface area (Å²) in [4.78, 5) is 2.23. The number of hydrogen-bond acceptors (Lipinski definition) is 1. The van der Waals surface area contributed by atoms with Crippen LogP contribution in [-0.4, -0.2) is 16.0 Å². The minimum absolute atomic E-state index is 0.0305. The summed E-state index contributed by atoms with van der Waals surface area (Å²) in [5, 5.41) is 0. The van der Waals surface area contributed by atoms with E-state index in [-0.39, 0.29) is 18.2 Å². The van der Waals surface area contributed by atoms with E-state index in [0.29, 0.717) is 0 Å². The van der Waals surface area contributed by atoms with E-state index < -0.39 is 11.6 Å². The van der Waals surface area contributed by atoms with Crippen molar-refractivity contribution < 1.29 is 8.78 Å².